The molecule has 0 radical (unpaired) electrons. The molecule has 4 nitrogen and oxygen atoms in total. The fraction of sp³-hybridized carbons (Fsp3) is 0.312. The molecule has 2 rings (SSSR count). The van der Waals surface area contributed by atoms with E-state index in [4.69, 9.17) is 21.1 Å². The zero-order chi connectivity index (χ0) is 15.9. The third-order valence-electron chi connectivity index (χ3n) is 3.07. The van der Waals surface area contributed by atoms with Crippen molar-refractivity contribution < 1.29 is 14.3 Å². The highest BCUT2D eigenvalue weighted by molar-refractivity contribution is 7.16. The molecule has 118 valence electrons. The summed E-state index contributed by atoms with van der Waals surface area (Å²) in [4.78, 5) is 13.1. The van der Waals surface area contributed by atoms with E-state index in [1.807, 2.05) is 19.1 Å². The topological polar surface area (TPSA) is 47.6 Å². The number of hydrogen-bond donors (Lipinski definition) is 1. The van der Waals surface area contributed by atoms with Crippen LogP contribution in [0.5, 0.6) is 5.75 Å². The van der Waals surface area contributed by atoms with E-state index >= 15 is 0 Å². The molecule has 0 aliphatic heterocycles. The Balaban J connectivity index is 1.93. The predicted octanol–water partition coefficient (Wildman–Crippen LogP) is 3.92. The Labute approximate surface area is 139 Å². The van der Waals surface area contributed by atoms with Crippen LogP contribution in [0.15, 0.2) is 36.4 Å². The van der Waals surface area contributed by atoms with Gasteiger partial charge in [-0.1, -0.05) is 11.6 Å². The molecule has 1 amide bonds. The summed E-state index contributed by atoms with van der Waals surface area (Å²) in [7, 11) is 1.61. The largest absolute Gasteiger partial charge is 0.494 e. The number of halogens is 1. The van der Waals surface area contributed by atoms with Crippen molar-refractivity contribution in [2.75, 3.05) is 20.3 Å². The number of benzene rings is 1. The van der Waals surface area contributed by atoms with E-state index in [0.29, 0.717) is 23.1 Å². The summed E-state index contributed by atoms with van der Waals surface area (Å²) in [6.07, 6.45) is -0.204. The van der Waals surface area contributed by atoms with Crippen molar-refractivity contribution in [1.82, 2.24) is 5.32 Å². The molecule has 1 unspecified atom stereocenters. The maximum atomic E-state index is 12.1. The summed E-state index contributed by atoms with van der Waals surface area (Å²) in [6, 6.07) is 10.8. The zero-order valence-electron chi connectivity index (χ0n) is 12.5. The first-order chi connectivity index (χ1) is 10.6. The Hall–Kier alpha value is -1.56. The summed E-state index contributed by atoms with van der Waals surface area (Å²) in [6.45, 7) is 2.91. The molecule has 0 aliphatic carbocycles. The van der Waals surface area contributed by atoms with Gasteiger partial charge >= 0.3 is 0 Å². The number of rotatable bonds is 7. The van der Waals surface area contributed by atoms with Crippen molar-refractivity contribution in [3.63, 3.8) is 0 Å². The molecule has 0 bridgehead atoms. The number of methoxy groups -OCH3 is 1. The molecule has 1 aromatic heterocycles. The molecule has 0 saturated carbocycles. The number of hydrogen-bond acceptors (Lipinski definition) is 4. The van der Waals surface area contributed by atoms with Crippen LogP contribution in [-0.4, -0.2) is 26.2 Å². The molecular weight excluding hydrogens is 322 g/mol. The molecule has 22 heavy (non-hydrogen) atoms. The fourth-order valence-corrected chi connectivity index (χ4v) is 3.10. The SMILES string of the molecule is CCOc1ccc(C(=O)NCC(OC)c2ccc(Cl)s2)cc1. The summed E-state index contributed by atoms with van der Waals surface area (Å²) in [5, 5.41) is 2.87. The van der Waals surface area contributed by atoms with Crippen LogP contribution in [0.3, 0.4) is 0 Å². The van der Waals surface area contributed by atoms with Gasteiger partial charge in [-0.2, -0.15) is 0 Å². The Kier molecular flexibility index (Phi) is 6.24. The summed E-state index contributed by atoms with van der Waals surface area (Å²) >= 11 is 7.37. The Bertz CT molecular complexity index is 612. The molecule has 1 aromatic carbocycles. The van der Waals surface area contributed by atoms with E-state index in [-0.39, 0.29) is 12.0 Å². The van der Waals surface area contributed by atoms with Gasteiger partial charge in [-0.05, 0) is 43.3 Å². The van der Waals surface area contributed by atoms with Gasteiger partial charge in [0, 0.05) is 24.1 Å². The smallest absolute Gasteiger partial charge is 0.251 e. The lowest BCUT2D eigenvalue weighted by Gasteiger charge is -2.14. The van der Waals surface area contributed by atoms with E-state index in [0.717, 1.165) is 10.6 Å². The lowest BCUT2D eigenvalue weighted by atomic mass is 10.2. The fourth-order valence-electron chi connectivity index (χ4n) is 1.96. The lowest BCUT2D eigenvalue weighted by Crippen LogP contribution is -2.28. The average molecular weight is 340 g/mol. The normalized spacial score (nSPS) is 12.0. The van der Waals surface area contributed by atoms with Crippen LogP contribution in [0.25, 0.3) is 0 Å². The van der Waals surface area contributed by atoms with Gasteiger partial charge in [0.15, 0.2) is 0 Å². The van der Waals surface area contributed by atoms with E-state index in [9.17, 15) is 4.79 Å². The highest BCUT2D eigenvalue weighted by Gasteiger charge is 2.15. The number of carbonyl (C=O) groups excluding carboxylic acids is 1. The van der Waals surface area contributed by atoms with Gasteiger partial charge in [0.05, 0.1) is 10.9 Å². The van der Waals surface area contributed by atoms with Gasteiger partial charge in [-0.15, -0.1) is 11.3 Å². The molecule has 2 aromatic rings. The van der Waals surface area contributed by atoms with E-state index < -0.39 is 0 Å². The van der Waals surface area contributed by atoms with E-state index in [1.165, 1.54) is 11.3 Å². The third kappa shape index (κ3) is 4.47. The van der Waals surface area contributed by atoms with Crippen molar-refractivity contribution in [3.05, 3.63) is 51.2 Å². The van der Waals surface area contributed by atoms with Crippen LogP contribution in [0.4, 0.5) is 0 Å². The molecule has 0 spiro atoms. The standard InChI is InChI=1S/C16H18ClNO3S/c1-3-21-12-6-4-11(5-7-12)16(19)18-10-13(20-2)14-8-9-15(17)22-14/h4-9,13H,3,10H2,1-2H3,(H,18,19). The van der Waals surface area contributed by atoms with Gasteiger partial charge in [0.1, 0.15) is 11.9 Å². The summed E-state index contributed by atoms with van der Waals surface area (Å²) in [5.74, 6) is 0.606. The van der Waals surface area contributed by atoms with Gasteiger partial charge < -0.3 is 14.8 Å². The van der Waals surface area contributed by atoms with Crippen molar-refractivity contribution in [3.8, 4) is 5.75 Å². The maximum Gasteiger partial charge on any atom is 0.251 e. The van der Waals surface area contributed by atoms with Crippen molar-refractivity contribution in [2.24, 2.45) is 0 Å². The summed E-state index contributed by atoms with van der Waals surface area (Å²) in [5.41, 5.74) is 0.586. The predicted molar refractivity (Wildman–Crippen MR) is 89.0 cm³/mol. The van der Waals surface area contributed by atoms with Crippen LogP contribution in [0.1, 0.15) is 28.3 Å². The highest BCUT2D eigenvalue weighted by Crippen LogP contribution is 2.28. The number of nitrogens with one attached hydrogen (secondary N) is 1. The molecule has 0 aliphatic rings. The first-order valence-electron chi connectivity index (χ1n) is 6.93. The molecule has 1 N–H and O–H groups in total. The highest BCUT2D eigenvalue weighted by atomic mass is 35.5. The third-order valence-corrected chi connectivity index (χ3v) is 4.39. The van der Waals surface area contributed by atoms with Crippen LogP contribution in [0.2, 0.25) is 4.34 Å². The Morgan fingerprint density at radius 2 is 2.00 bits per heavy atom. The monoisotopic (exact) mass is 339 g/mol. The quantitative estimate of drug-likeness (QED) is 0.831. The summed E-state index contributed by atoms with van der Waals surface area (Å²) < 4.78 is 11.5. The number of carbonyl (C=O) groups is 1. The molecule has 0 saturated heterocycles. The number of amides is 1. The van der Waals surface area contributed by atoms with Crippen molar-refractivity contribution in [2.45, 2.75) is 13.0 Å². The molecular formula is C16H18ClNO3S. The second kappa shape index (κ2) is 8.17. The molecule has 1 heterocycles. The first kappa shape index (κ1) is 16.8. The molecule has 1 atom stereocenters. The second-order valence-electron chi connectivity index (χ2n) is 4.53. The Morgan fingerprint density at radius 3 is 2.55 bits per heavy atom. The average Bonchev–Trinajstić information content (AvgIpc) is 2.95. The maximum absolute atomic E-state index is 12.1. The number of ether oxygens (including phenoxy) is 2. The van der Waals surface area contributed by atoms with Crippen molar-refractivity contribution >= 4 is 28.8 Å². The van der Waals surface area contributed by atoms with Crippen LogP contribution in [0, 0.1) is 0 Å². The minimum absolute atomic E-state index is 0.146. The Morgan fingerprint density at radius 1 is 1.27 bits per heavy atom. The lowest BCUT2D eigenvalue weighted by molar-refractivity contribution is 0.0837. The number of thiophene rings is 1. The van der Waals surface area contributed by atoms with Gasteiger partial charge in [-0.3, -0.25) is 4.79 Å². The minimum atomic E-state index is -0.204. The van der Waals surface area contributed by atoms with E-state index in [2.05, 4.69) is 5.32 Å². The zero-order valence-corrected chi connectivity index (χ0v) is 14.0. The van der Waals surface area contributed by atoms with E-state index in [1.54, 1.807) is 31.4 Å². The molecule has 0 fully saturated rings. The van der Waals surface area contributed by atoms with Gasteiger partial charge in [-0.25, -0.2) is 0 Å². The minimum Gasteiger partial charge on any atom is -0.494 e. The van der Waals surface area contributed by atoms with Crippen LogP contribution in [-0.2, 0) is 4.74 Å². The van der Waals surface area contributed by atoms with Gasteiger partial charge in [0.2, 0.25) is 0 Å². The van der Waals surface area contributed by atoms with Gasteiger partial charge in [0.25, 0.3) is 5.91 Å². The van der Waals surface area contributed by atoms with Crippen LogP contribution < -0.4 is 10.1 Å². The first-order valence-corrected chi connectivity index (χ1v) is 8.12. The second-order valence-corrected chi connectivity index (χ2v) is 6.28. The van der Waals surface area contributed by atoms with Crippen molar-refractivity contribution in [1.29, 1.82) is 0 Å². The van der Waals surface area contributed by atoms with Crippen LogP contribution >= 0.6 is 22.9 Å². The molecule has 6 heteroatoms.